The highest BCUT2D eigenvalue weighted by Gasteiger charge is 2.17. The summed E-state index contributed by atoms with van der Waals surface area (Å²) in [6.07, 6.45) is 0. The number of hydrogen-bond acceptors (Lipinski definition) is 4. The number of benzene rings is 1. The number of nitrogens with one attached hydrogen (secondary N) is 1. The number of aliphatic carboxylic acids is 1. The van der Waals surface area contributed by atoms with Crippen LogP contribution in [0.4, 0.5) is 8.78 Å². The summed E-state index contributed by atoms with van der Waals surface area (Å²) in [5.74, 6) is -2.94. The summed E-state index contributed by atoms with van der Waals surface area (Å²) < 4.78 is 27.6. The van der Waals surface area contributed by atoms with Crippen LogP contribution in [0.25, 0.3) is 11.4 Å². The molecule has 0 atom stereocenters. The first-order chi connectivity index (χ1) is 8.97. The van der Waals surface area contributed by atoms with Gasteiger partial charge in [0.25, 0.3) is 0 Å². The van der Waals surface area contributed by atoms with Gasteiger partial charge < -0.3 is 5.11 Å². The highest BCUT2D eigenvalue weighted by atomic mass is 79.9. The molecule has 0 radical (unpaired) electrons. The predicted octanol–water partition coefficient (Wildman–Crippen LogP) is 2.69. The second kappa shape index (κ2) is 5.66. The second-order valence-electron chi connectivity index (χ2n) is 3.39. The number of carbonyl (C=O) groups is 1. The minimum absolute atomic E-state index is 0.0876. The van der Waals surface area contributed by atoms with E-state index < -0.39 is 17.6 Å². The van der Waals surface area contributed by atoms with Crippen LogP contribution in [0, 0.1) is 11.6 Å². The van der Waals surface area contributed by atoms with Crippen LogP contribution < -0.4 is 0 Å². The lowest BCUT2D eigenvalue weighted by Gasteiger charge is -2.01. The van der Waals surface area contributed by atoms with Crippen LogP contribution in [0.3, 0.4) is 0 Å². The van der Waals surface area contributed by atoms with E-state index in [1.165, 1.54) is 0 Å². The first-order valence-electron chi connectivity index (χ1n) is 4.89. The highest BCUT2D eigenvalue weighted by molar-refractivity contribution is 9.10. The molecule has 0 fully saturated rings. The van der Waals surface area contributed by atoms with E-state index in [4.69, 9.17) is 5.11 Å². The lowest BCUT2D eigenvalue weighted by molar-refractivity contribution is -0.133. The highest BCUT2D eigenvalue weighted by Crippen LogP contribution is 2.27. The van der Waals surface area contributed by atoms with E-state index in [2.05, 4.69) is 31.1 Å². The molecule has 1 heterocycles. The van der Waals surface area contributed by atoms with Crippen molar-refractivity contribution >= 4 is 33.7 Å². The Bertz CT molecular complexity index is 612. The van der Waals surface area contributed by atoms with E-state index in [0.717, 1.165) is 23.9 Å². The molecule has 0 amide bonds. The van der Waals surface area contributed by atoms with Crippen molar-refractivity contribution < 1.29 is 18.7 Å². The number of hydrogen-bond donors (Lipinski definition) is 2. The summed E-state index contributed by atoms with van der Waals surface area (Å²) in [5.41, 5.74) is -0.335. The molecule has 0 spiro atoms. The molecule has 100 valence electrons. The normalized spacial score (nSPS) is 10.7. The Balaban J connectivity index is 2.30. The van der Waals surface area contributed by atoms with Crippen molar-refractivity contribution in [1.29, 1.82) is 0 Å². The van der Waals surface area contributed by atoms with Crippen LogP contribution in [0.2, 0.25) is 0 Å². The van der Waals surface area contributed by atoms with Gasteiger partial charge >= 0.3 is 5.97 Å². The van der Waals surface area contributed by atoms with Crippen molar-refractivity contribution in [2.24, 2.45) is 0 Å². The molecule has 0 bridgehead atoms. The Morgan fingerprint density at radius 2 is 2.05 bits per heavy atom. The third-order valence-corrected chi connectivity index (χ3v) is 3.32. The van der Waals surface area contributed by atoms with Crippen molar-refractivity contribution in [1.82, 2.24) is 15.2 Å². The number of nitrogens with zero attached hydrogens (tertiary/aromatic N) is 2. The SMILES string of the molecule is O=C(O)CSc1n[nH]c(-c2c(F)cc(Br)cc2F)n1. The van der Waals surface area contributed by atoms with Crippen molar-refractivity contribution in [3.63, 3.8) is 0 Å². The first kappa shape index (κ1) is 13.9. The molecule has 0 unspecified atom stereocenters. The van der Waals surface area contributed by atoms with Crippen molar-refractivity contribution in [3.8, 4) is 11.4 Å². The predicted molar refractivity (Wildman–Crippen MR) is 67.8 cm³/mol. The molecule has 5 nitrogen and oxygen atoms in total. The minimum atomic E-state index is -1.03. The van der Waals surface area contributed by atoms with Gasteiger partial charge in [0.05, 0.1) is 11.3 Å². The fraction of sp³-hybridized carbons (Fsp3) is 0.100. The lowest BCUT2D eigenvalue weighted by Crippen LogP contribution is -1.97. The molecule has 2 rings (SSSR count). The largest absolute Gasteiger partial charge is 0.481 e. The maximum atomic E-state index is 13.7. The molecule has 1 aromatic carbocycles. The minimum Gasteiger partial charge on any atom is -0.481 e. The van der Waals surface area contributed by atoms with Gasteiger partial charge in [-0.15, -0.1) is 5.10 Å². The molecule has 2 aromatic rings. The van der Waals surface area contributed by atoms with Gasteiger partial charge in [-0.1, -0.05) is 27.7 Å². The Morgan fingerprint density at radius 3 is 2.63 bits per heavy atom. The van der Waals surface area contributed by atoms with Crippen molar-refractivity contribution in [3.05, 3.63) is 28.2 Å². The molecule has 9 heteroatoms. The molecule has 1 aromatic heterocycles. The van der Waals surface area contributed by atoms with Gasteiger partial charge in [0.15, 0.2) is 5.82 Å². The fourth-order valence-electron chi connectivity index (χ4n) is 1.32. The average Bonchev–Trinajstić information content (AvgIpc) is 2.73. The van der Waals surface area contributed by atoms with Crippen LogP contribution in [-0.4, -0.2) is 32.0 Å². The number of aromatic amines is 1. The molecule has 0 aliphatic heterocycles. The summed E-state index contributed by atoms with van der Waals surface area (Å²) in [6.45, 7) is 0. The number of carboxylic acid groups (broad SMARTS) is 1. The Kier molecular flexibility index (Phi) is 4.15. The van der Waals surface area contributed by atoms with Crippen LogP contribution in [0.1, 0.15) is 0 Å². The monoisotopic (exact) mass is 349 g/mol. The van der Waals surface area contributed by atoms with E-state index in [-0.39, 0.29) is 26.8 Å². The van der Waals surface area contributed by atoms with E-state index in [1.54, 1.807) is 0 Å². The Morgan fingerprint density at radius 1 is 1.42 bits per heavy atom. The molecular formula is C10H6BrF2N3O2S. The zero-order chi connectivity index (χ0) is 14.0. The Hall–Kier alpha value is -1.48. The molecule has 0 saturated heterocycles. The maximum absolute atomic E-state index is 13.7. The smallest absolute Gasteiger partial charge is 0.313 e. The third-order valence-electron chi connectivity index (χ3n) is 2.03. The van der Waals surface area contributed by atoms with Gasteiger partial charge in [0.2, 0.25) is 5.16 Å². The first-order valence-corrected chi connectivity index (χ1v) is 6.67. The molecule has 0 aliphatic rings. The van der Waals surface area contributed by atoms with Crippen LogP contribution in [-0.2, 0) is 4.79 Å². The number of H-pyrrole nitrogens is 1. The van der Waals surface area contributed by atoms with Gasteiger partial charge in [-0.2, -0.15) is 0 Å². The summed E-state index contributed by atoms with van der Waals surface area (Å²) in [4.78, 5) is 14.2. The average molecular weight is 350 g/mol. The number of rotatable bonds is 4. The summed E-state index contributed by atoms with van der Waals surface area (Å²) in [5, 5.41) is 14.7. The fourth-order valence-corrected chi connectivity index (χ4v) is 2.24. The van der Waals surface area contributed by atoms with E-state index >= 15 is 0 Å². The number of aromatic nitrogens is 3. The van der Waals surface area contributed by atoms with Crippen LogP contribution >= 0.6 is 27.7 Å². The van der Waals surface area contributed by atoms with Crippen LogP contribution in [0.15, 0.2) is 21.8 Å². The van der Waals surface area contributed by atoms with Gasteiger partial charge in [-0.05, 0) is 12.1 Å². The zero-order valence-corrected chi connectivity index (χ0v) is 11.6. The van der Waals surface area contributed by atoms with E-state index in [0.29, 0.717) is 0 Å². The molecule has 0 aliphatic carbocycles. The molecule has 19 heavy (non-hydrogen) atoms. The number of thioether (sulfide) groups is 1. The van der Waals surface area contributed by atoms with E-state index in [1.807, 2.05) is 0 Å². The van der Waals surface area contributed by atoms with Crippen LogP contribution in [0.5, 0.6) is 0 Å². The zero-order valence-electron chi connectivity index (χ0n) is 9.15. The Labute approximate surface area is 118 Å². The third kappa shape index (κ3) is 3.29. The molecule has 0 saturated carbocycles. The van der Waals surface area contributed by atoms with Crippen molar-refractivity contribution in [2.75, 3.05) is 5.75 Å². The topological polar surface area (TPSA) is 78.9 Å². The molecule has 2 N–H and O–H groups in total. The lowest BCUT2D eigenvalue weighted by atomic mass is 10.2. The van der Waals surface area contributed by atoms with Gasteiger partial charge in [0.1, 0.15) is 11.6 Å². The number of carboxylic acids is 1. The standard InChI is InChI=1S/C10H6BrF2N3O2S/c11-4-1-5(12)8(6(13)2-4)9-14-10(16-15-9)19-3-7(17)18/h1-2H,3H2,(H,17,18)(H,14,15,16). The maximum Gasteiger partial charge on any atom is 0.313 e. The van der Waals surface area contributed by atoms with E-state index in [9.17, 15) is 13.6 Å². The van der Waals surface area contributed by atoms with Gasteiger partial charge in [0, 0.05) is 4.47 Å². The second-order valence-corrected chi connectivity index (χ2v) is 5.25. The summed E-state index contributed by atoms with van der Waals surface area (Å²) in [7, 11) is 0. The van der Waals surface area contributed by atoms with Gasteiger partial charge in [-0.3, -0.25) is 9.89 Å². The summed E-state index contributed by atoms with van der Waals surface area (Å²) >= 11 is 3.82. The molecular weight excluding hydrogens is 344 g/mol. The summed E-state index contributed by atoms with van der Waals surface area (Å²) in [6, 6.07) is 2.20. The number of halogens is 3. The van der Waals surface area contributed by atoms with Gasteiger partial charge in [-0.25, -0.2) is 13.8 Å². The quantitative estimate of drug-likeness (QED) is 0.829. The van der Waals surface area contributed by atoms with Crippen molar-refractivity contribution in [2.45, 2.75) is 5.16 Å².